The summed E-state index contributed by atoms with van der Waals surface area (Å²) >= 11 is 0. The van der Waals surface area contributed by atoms with E-state index in [0.717, 1.165) is 19.5 Å². The Hall–Kier alpha value is -1.28. The van der Waals surface area contributed by atoms with Gasteiger partial charge in [0.2, 0.25) is 0 Å². The molecular formula is C13H18N2. The summed E-state index contributed by atoms with van der Waals surface area (Å²) in [6.45, 7) is 6.07. The molecule has 2 rings (SSSR count). The standard InChI is InChI=1S/C13H18N2/c1-10-4-5-13-12(8-10)11(2)9-15(13)7-3-6-14/h4-5,8-9H,3,6-7,14H2,1-2H3. The van der Waals surface area contributed by atoms with Gasteiger partial charge in [-0.15, -0.1) is 0 Å². The van der Waals surface area contributed by atoms with E-state index in [-0.39, 0.29) is 0 Å². The molecule has 80 valence electrons. The first-order valence-electron chi connectivity index (χ1n) is 5.48. The Morgan fingerprint density at radius 3 is 2.80 bits per heavy atom. The minimum Gasteiger partial charge on any atom is -0.347 e. The van der Waals surface area contributed by atoms with Crippen molar-refractivity contribution in [1.82, 2.24) is 4.57 Å². The van der Waals surface area contributed by atoms with Gasteiger partial charge in [-0.25, -0.2) is 0 Å². The normalized spacial score (nSPS) is 11.1. The van der Waals surface area contributed by atoms with E-state index in [0.29, 0.717) is 0 Å². The number of hydrogen-bond acceptors (Lipinski definition) is 1. The Balaban J connectivity index is 2.48. The van der Waals surface area contributed by atoms with Gasteiger partial charge < -0.3 is 10.3 Å². The molecule has 2 nitrogen and oxygen atoms in total. The molecule has 15 heavy (non-hydrogen) atoms. The lowest BCUT2D eigenvalue weighted by molar-refractivity contribution is 0.670. The van der Waals surface area contributed by atoms with Gasteiger partial charge in [-0.3, -0.25) is 0 Å². The van der Waals surface area contributed by atoms with Crippen LogP contribution in [0.25, 0.3) is 10.9 Å². The van der Waals surface area contributed by atoms with Crippen molar-refractivity contribution in [3.05, 3.63) is 35.5 Å². The average molecular weight is 202 g/mol. The van der Waals surface area contributed by atoms with E-state index in [1.54, 1.807) is 0 Å². The fourth-order valence-electron chi connectivity index (χ4n) is 2.04. The lowest BCUT2D eigenvalue weighted by Gasteiger charge is -2.03. The molecule has 0 bridgehead atoms. The fourth-order valence-corrected chi connectivity index (χ4v) is 2.04. The second-order valence-corrected chi connectivity index (χ2v) is 4.17. The van der Waals surface area contributed by atoms with Crippen LogP contribution in [0, 0.1) is 13.8 Å². The van der Waals surface area contributed by atoms with Crippen molar-refractivity contribution >= 4 is 10.9 Å². The maximum Gasteiger partial charge on any atom is 0.0483 e. The van der Waals surface area contributed by atoms with Crippen molar-refractivity contribution in [2.75, 3.05) is 6.54 Å². The smallest absolute Gasteiger partial charge is 0.0483 e. The van der Waals surface area contributed by atoms with E-state index in [2.05, 4.69) is 42.8 Å². The molecule has 0 saturated carbocycles. The molecule has 2 heteroatoms. The molecule has 0 amide bonds. The van der Waals surface area contributed by atoms with Crippen LogP contribution >= 0.6 is 0 Å². The first-order valence-corrected chi connectivity index (χ1v) is 5.48. The van der Waals surface area contributed by atoms with Gasteiger partial charge in [-0.1, -0.05) is 11.6 Å². The van der Waals surface area contributed by atoms with Crippen molar-refractivity contribution < 1.29 is 0 Å². The third-order valence-electron chi connectivity index (χ3n) is 2.84. The zero-order valence-corrected chi connectivity index (χ0v) is 9.46. The predicted molar refractivity (Wildman–Crippen MR) is 65.1 cm³/mol. The first-order chi connectivity index (χ1) is 7.22. The van der Waals surface area contributed by atoms with E-state index >= 15 is 0 Å². The lowest BCUT2D eigenvalue weighted by atomic mass is 10.1. The van der Waals surface area contributed by atoms with Gasteiger partial charge in [0.15, 0.2) is 0 Å². The van der Waals surface area contributed by atoms with Crippen molar-refractivity contribution in [2.45, 2.75) is 26.8 Å². The molecule has 2 N–H and O–H groups in total. The van der Waals surface area contributed by atoms with Crippen molar-refractivity contribution in [3.63, 3.8) is 0 Å². The number of benzene rings is 1. The molecule has 1 heterocycles. The monoisotopic (exact) mass is 202 g/mol. The number of nitrogens with two attached hydrogens (primary N) is 1. The second kappa shape index (κ2) is 4.07. The Labute approximate surface area is 90.7 Å². The summed E-state index contributed by atoms with van der Waals surface area (Å²) in [7, 11) is 0. The van der Waals surface area contributed by atoms with Crippen LogP contribution < -0.4 is 5.73 Å². The topological polar surface area (TPSA) is 30.9 Å². The van der Waals surface area contributed by atoms with Crippen LogP contribution in [0.1, 0.15) is 17.5 Å². The summed E-state index contributed by atoms with van der Waals surface area (Å²) in [4.78, 5) is 0. The third-order valence-corrected chi connectivity index (χ3v) is 2.84. The average Bonchev–Trinajstić information content (AvgIpc) is 2.53. The van der Waals surface area contributed by atoms with Crippen molar-refractivity contribution in [2.24, 2.45) is 5.73 Å². The molecule has 0 atom stereocenters. The van der Waals surface area contributed by atoms with Crippen LogP contribution in [0.2, 0.25) is 0 Å². The molecule has 0 fully saturated rings. The quantitative estimate of drug-likeness (QED) is 0.815. The molecule has 0 saturated heterocycles. The number of rotatable bonds is 3. The van der Waals surface area contributed by atoms with Crippen molar-refractivity contribution in [1.29, 1.82) is 0 Å². The summed E-state index contributed by atoms with van der Waals surface area (Å²) in [5.41, 5.74) is 9.54. The highest BCUT2D eigenvalue weighted by atomic mass is 15.0. The van der Waals surface area contributed by atoms with Crippen LogP contribution in [-0.4, -0.2) is 11.1 Å². The molecule has 2 aromatic rings. The zero-order chi connectivity index (χ0) is 10.8. The van der Waals surface area contributed by atoms with Crippen LogP contribution in [-0.2, 0) is 6.54 Å². The number of aromatic nitrogens is 1. The molecule has 0 unspecified atom stereocenters. The number of aryl methyl sites for hydroxylation is 3. The van der Waals surface area contributed by atoms with Gasteiger partial charge in [-0.2, -0.15) is 0 Å². The molecular weight excluding hydrogens is 184 g/mol. The number of fused-ring (bicyclic) bond motifs is 1. The Morgan fingerprint density at radius 2 is 2.07 bits per heavy atom. The molecule has 1 aromatic carbocycles. The molecule has 0 aliphatic carbocycles. The largest absolute Gasteiger partial charge is 0.347 e. The van der Waals surface area contributed by atoms with Crippen LogP contribution in [0.4, 0.5) is 0 Å². The van der Waals surface area contributed by atoms with E-state index in [1.807, 2.05) is 0 Å². The summed E-state index contributed by atoms with van der Waals surface area (Å²) in [5.74, 6) is 0. The molecule has 0 radical (unpaired) electrons. The molecule has 0 aliphatic heterocycles. The van der Waals surface area contributed by atoms with E-state index in [4.69, 9.17) is 5.73 Å². The Morgan fingerprint density at radius 1 is 1.27 bits per heavy atom. The highest BCUT2D eigenvalue weighted by Gasteiger charge is 2.04. The Bertz CT molecular complexity index is 469. The van der Waals surface area contributed by atoms with E-state index < -0.39 is 0 Å². The fraction of sp³-hybridized carbons (Fsp3) is 0.385. The maximum absolute atomic E-state index is 5.54. The number of hydrogen-bond donors (Lipinski definition) is 1. The van der Waals surface area contributed by atoms with Gasteiger partial charge in [-0.05, 0) is 44.5 Å². The Kier molecular flexibility index (Phi) is 2.78. The summed E-state index contributed by atoms with van der Waals surface area (Å²) in [6.07, 6.45) is 3.26. The van der Waals surface area contributed by atoms with Gasteiger partial charge in [0.1, 0.15) is 0 Å². The predicted octanol–water partition coefficient (Wildman–Crippen LogP) is 2.61. The lowest BCUT2D eigenvalue weighted by Crippen LogP contribution is -2.04. The summed E-state index contributed by atoms with van der Waals surface area (Å²) in [6, 6.07) is 6.62. The SMILES string of the molecule is Cc1ccc2c(c1)c(C)cn2CCCN. The highest BCUT2D eigenvalue weighted by molar-refractivity contribution is 5.84. The highest BCUT2D eigenvalue weighted by Crippen LogP contribution is 2.22. The first kappa shape index (κ1) is 10.2. The van der Waals surface area contributed by atoms with Crippen LogP contribution in [0.3, 0.4) is 0 Å². The molecule has 0 aliphatic rings. The number of nitrogens with zero attached hydrogens (tertiary/aromatic N) is 1. The summed E-state index contributed by atoms with van der Waals surface area (Å²) < 4.78 is 2.30. The minimum atomic E-state index is 0.755. The van der Waals surface area contributed by atoms with Gasteiger partial charge in [0.05, 0.1) is 0 Å². The second-order valence-electron chi connectivity index (χ2n) is 4.17. The molecule has 1 aromatic heterocycles. The minimum absolute atomic E-state index is 0.755. The van der Waals surface area contributed by atoms with Crippen LogP contribution in [0.5, 0.6) is 0 Å². The molecule has 0 spiro atoms. The third kappa shape index (κ3) is 1.90. The summed E-state index contributed by atoms with van der Waals surface area (Å²) in [5, 5.41) is 1.37. The zero-order valence-electron chi connectivity index (χ0n) is 9.46. The van der Waals surface area contributed by atoms with Gasteiger partial charge in [0.25, 0.3) is 0 Å². The van der Waals surface area contributed by atoms with Gasteiger partial charge >= 0.3 is 0 Å². The van der Waals surface area contributed by atoms with Gasteiger partial charge in [0, 0.05) is 23.6 Å². The van der Waals surface area contributed by atoms with Crippen molar-refractivity contribution in [3.8, 4) is 0 Å². The van der Waals surface area contributed by atoms with Crippen LogP contribution in [0.15, 0.2) is 24.4 Å². The van der Waals surface area contributed by atoms with E-state index in [9.17, 15) is 0 Å². The van der Waals surface area contributed by atoms with E-state index in [1.165, 1.54) is 22.0 Å². The maximum atomic E-state index is 5.54.